The maximum Gasteiger partial charge on any atom is 0.243 e. The highest BCUT2D eigenvalue weighted by Crippen LogP contribution is 2.27. The molecule has 1 aliphatic rings. The van der Waals surface area contributed by atoms with Gasteiger partial charge >= 0.3 is 0 Å². The average Bonchev–Trinajstić information content (AvgIpc) is 3.09. The van der Waals surface area contributed by atoms with Gasteiger partial charge in [-0.15, -0.1) is 11.3 Å². The molecule has 28 heavy (non-hydrogen) atoms. The lowest BCUT2D eigenvalue weighted by Crippen LogP contribution is -2.47. The Labute approximate surface area is 173 Å². The SMILES string of the molecule is Cc1ccc(C(CNC(=NCC(=O)N(C)C)NCC(C)C)N2CCOCC2)s1. The van der Waals surface area contributed by atoms with Crippen LogP contribution in [0.5, 0.6) is 0 Å². The average molecular weight is 410 g/mol. The molecule has 1 amide bonds. The molecule has 0 radical (unpaired) electrons. The Balaban J connectivity index is 2.07. The number of carbonyl (C=O) groups is 1. The van der Waals surface area contributed by atoms with Crippen molar-refractivity contribution in [3.63, 3.8) is 0 Å². The predicted octanol–water partition coefficient (Wildman–Crippen LogP) is 1.71. The number of rotatable bonds is 8. The normalized spacial score (nSPS) is 16.9. The number of carbonyl (C=O) groups excluding carboxylic acids is 1. The zero-order chi connectivity index (χ0) is 20.5. The van der Waals surface area contributed by atoms with Crippen LogP contribution in [0.3, 0.4) is 0 Å². The van der Waals surface area contributed by atoms with Gasteiger partial charge in [0.25, 0.3) is 0 Å². The molecule has 0 bridgehead atoms. The van der Waals surface area contributed by atoms with Gasteiger partial charge in [-0.2, -0.15) is 0 Å². The molecule has 158 valence electrons. The van der Waals surface area contributed by atoms with E-state index in [4.69, 9.17) is 4.74 Å². The molecule has 0 aliphatic carbocycles. The van der Waals surface area contributed by atoms with Gasteiger partial charge in [-0.25, -0.2) is 4.99 Å². The molecule has 2 rings (SSSR count). The highest BCUT2D eigenvalue weighted by Gasteiger charge is 2.24. The van der Waals surface area contributed by atoms with E-state index in [1.807, 2.05) is 11.3 Å². The Bertz CT molecular complexity index is 638. The van der Waals surface area contributed by atoms with Gasteiger partial charge in [0.15, 0.2) is 5.96 Å². The van der Waals surface area contributed by atoms with Crippen molar-refractivity contribution in [2.75, 3.05) is 60.0 Å². The standard InChI is InChI=1S/C20H35N5O2S/c1-15(2)12-21-20(23-14-19(26)24(4)5)22-13-17(18-7-6-16(3)28-18)25-8-10-27-11-9-25/h6-7,15,17H,8-14H2,1-5H3,(H2,21,22,23). The summed E-state index contributed by atoms with van der Waals surface area (Å²) in [6.07, 6.45) is 0. The van der Waals surface area contributed by atoms with Crippen molar-refractivity contribution in [2.24, 2.45) is 10.9 Å². The Morgan fingerprint density at radius 2 is 1.93 bits per heavy atom. The fourth-order valence-electron chi connectivity index (χ4n) is 2.89. The third-order valence-electron chi connectivity index (χ3n) is 4.59. The number of aliphatic imine (C=N–C) groups is 1. The lowest BCUT2D eigenvalue weighted by Gasteiger charge is -2.34. The molecule has 1 aromatic heterocycles. The number of nitrogens with one attached hydrogen (secondary N) is 2. The molecule has 0 spiro atoms. The maximum atomic E-state index is 11.9. The first kappa shape index (κ1) is 22.6. The Kier molecular flexibility index (Phi) is 9.21. The first-order valence-corrected chi connectivity index (χ1v) is 10.8. The molecule has 1 aromatic rings. The summed E-state index contributed by atoms with van der Waals surface area (Å²) < 4.78 is 5.53. The van der Waals surface area contributed by atoms with Crippen LogP contribution in [-0.2, 0) is 9.53 Å². The zero-order valence-corrected chi connectivity index (χ0v) is 18.6. The summed E-state index contributed by atoms with van der Waals surface area (Å²) in [5.41, 5.74) is 0. The van der Waals surface area contributed by atoms with E-state index in [1.54, 1.807) is 19.0 Å². The number of aryl methyl sites for hydroxylation is 1. The summed E-state index contributed by atoms with van der Waals surface area (Å²) in [6.45, 7) is 11.5. The summed E-state index contributed by atoms with van der Waals surface area (Å²) in [7, 11) is 3.50. The molecule has 1 saturated heterocycles. The fraction of sp³-hybridized carbons (Fsp3) is 0.700. The highest BCUT2D eigenvalue weighted by atomic mass is 32.1. The van der Waals surface area contributed by atoms with Gasteiger partial charge in [0, 0.05) is 50.0 Å². The van der Waals surface area contributed by atoms with Crippen LogP contribution in [0.15, 0.2) is 17.1 Å². The molecule has 1 unspecified atom stereocenters. The second kappa shape index (κ2) is 11.4. The minimum atomic E-state index is -0.00995. The monoisotopic (exact) mass is 409 g/mol. The minimum Gasteiger partial charge on any atom is -0.379 e. The van der Waals surface area contributed by atoms with Crippen LogP contribution < -0.4 is 10.6 Å². The van der Waals surface area contributed by atoms with Gasteiger partial charge in [0.05, 0.1) is 19.3 Å². The zero-order valence-electron chi connectivity index (χ0n) is 17.8. The Morgan fingerprint density at radius 1 is 1.25 bits per heavy atom. The largest absolute Gasteiger partial charge is 0.379 e. The van der Waals surface area contributed by atoms with Gasteiger partial charge < -0.3 is 20.3 Å². The molecule has 8 heteroatoms. The summed E-state index contributed by atoms with van der Waals surface area (Å²) in [4.78, 5) is 23.1. The summed E-state index contributed by atoms with van der Waals surface area (Å²) in [5.74, 6) is 1.17. The van der Waals surface area contributed by atoms with Crippen LogP contribution in [0.4, 0.5) is 0 Å². The number of thiophene rings is 1. The molecule has 1 atom stereocenters. The van der Waals surface area contributed by atoms with E-state index in [0.717, 1.165) is 39.4 Å². The molecule has 1 aliphatic heterocycles. The van der Waals surface area contributed by atoms with E-state index >= 15 is 0 Å². The molecular weight excluding hydrogens is 374 g/mol. The van der Waals surface area contributed by atoms with Crippen LogP contribution in [0.2, 0.25) is 0 Å². The number of guanidine groups is 1. The molecule has 2 N–H and O–H groups in total. The van der Waals surface area contributed by atoms with Crippen LogP contribution in [0.25, 0.3) is 0 Å². The second-order valence-electron chi connectivity index (χ2n) is 7.72. The highest BCUT2D eigenvalue weighted by molar-refractivity contribution is 7.12. The van der Waals surface area contributed by atoms with Gasteiger partial charge in [-0.3, -0.25) is 9.69 Å². The number of hydrogen-bond donors (Lipinski definition) is 2. The van der Waals surface area contributed by atoms with Crippen LogP contribution in [0, 0.1) is 12.8 Å². The fourth-order valence-corrected chi connectivity index (χ4v) is 3.90. The number of morpholine rings is 1. The van der Waals surface area contributed by atoms with Crippen molar-refractivity contribution in [1.29, 1.82) is 0 Å². The molecule has 7 nitrogen and oxygen atoms in total. The van der Waals surface area contributed by atoms with Gasteiger partial charge in [-0.1, -0.05) is 13.8 Å². The number of hydrogen-bond acceptors (Lipinski definition) is 5. The Hall–Kier alpha value is -1.64. The van der Waals surface area contributed by atoms with Crippen molar-refractivity contribution >= 4 is 23.2 Å². The van der Waals surface area contributed by atoms with Gasteiger partial charge in [-0.05, 0) is 25.0 Å². The molecule has 0 saturated carbocycles. The molecule has 0 aromatic carbocycles. The van der Waals surface area contributed by atoms with E-state index < -0.39 is 0 Å². The topological polar surface area (TPSA) is 69.2 Å². The van der Waals surface area contributed by atoms with Gasteiger partial charge in [0.1, 0.15) is 6.54 Å². The van der Waals surface area contributed by atoms with Crippen molar-refractivity contribution in [1.82, 2.24) is 20.4 Å². The van der Waals surface area contributed by atoms with Crippen molar-refractivity contribution in [3.8, 4) is 0 Å². The van der Waals surface area contributed by atoms with Gasteiger partial charge in [0.2, 0.25) is 5.91 Å². The summed E-state index contributed by atoms with van der Waals surface area (Å²) in [6, 6.07) is 4.66. The molecule has 2 heterocycles. The lowest BCUT2D eigenvalue weighted by molar-refractivity contribution is -0.127. The van der Waals surface area contributed by atoms with E-state index in [0.29, 0.717) is 11.9 Å². The second-order valence-corrected chi connectivity index (χ2v) is 9.04. The first-order chi connectivity index (χ1) is 13.4. The smallest absolute Gasteiger partial charge is 0.243 e. The number of ether oxygens (including phenoxy) is 1. The van der Waals surface area contributed by atoms with Crippen LogP contribution in [-0.4, -0.2) is 81.7 Å². The van der Waals surface area contributed by atoms with E-state index in [2.05, 4.69) is 53.4 Å². The van der Waals surface area contributed by atoms with Crippen molar-refractivity contribution in [2.45, 2.75) is 26.8 Å². The molecule has 1 fully saturated rings. The first-order valence-electron chi connectivity index (χ1n) is 9.97. The van der Waals surface area contributed by atoms with E-state index in [-0.39, 0.29) is 18.5 Å². The van der Waals surface area contributed by atoms with Crippen LogP contribution in [0.1, 0.15) is 29.6 Å². The summed E-state index contributed by atoms with van der Waals surface area (Å²) >= 11 is 1.84. The summed E-state index contributed by atoms with van der Waals surface area (Å²) in [5, 5.41) is 6.82. The predicted molar refractivity (Wildman–Crippen MR) is 116 cm³/mol. The number of likely N-dealkylation sites (N-methyl/N-ethyl adjacent to an activating group) is 1. The Morgan fingerprint density at radius 3 is 2.50 bits per heavy atom. The van der Waals surface area contributed by atoms with Crippen molar-refractivity contribution in [3.05, 3.63) is 21.9 Å². The lowest BCUT2D eigenvalue weighted by atomic mass is 10.2. The quantitative estimate of drug-likeness (QED) is 0.505. The third-order valence-corrected chi connectivity index (χ3v) is 5.69. The number of amides is 1. The molecular formula is C20H35N5O2S. The van der Waals surface area contributed by atoms with E-state index in [9.17, 15) is 4.79 Å². The van der Waals surface area contributed by atoms with E-state index in [1.165, 1.54) is 9.75 Å². The minimum absolute atomic E-state index is 0.00995. The number of nitrogens with zero attached hydrogens (tertiary/aromatic N) is 3. The third kappa shape index (κ3) is 7.41. The maximum absolute atomic E-state index is 11.9. The van der Waals surface area contributed by atoms with Crippen LogP contribution >= 0.6 is 11.3 Å². The van der Waals surface area contributed by atoms with Crippen molar-refractivity contribution < 1.29 is 9.53 Å².